The lowest BCUT2D eigenvalue weighted by molar-refractivity contribution is -0.153. The van der Waals surface area contributed by atoms with Gasteiger partial charge in [-0.1, -0.05) is 12.1 Å². The number of rotatable bonds is 3. The van der Waals surface area contributed by atoms with E-state index in [9.17, 15) is 9.59 Å². The van der Waals surface area contributed by atoms with Gasteiger partial charge >= 0.3 is 0 Å². The van der Waals surface area contributed by atoms with Gasteiger partial charge in [-0.3, -0.25) is 9.59 Å². The lowest BCUT2D eigenvalue weighted by atomic mass is 9.89. The lowest BCUT2D eigenvalue weighted by Gasteiger charge is -2.40. The number of carbonyl (C=O) groups excluding carboxylic acids is 2. The molecule has 0 N–H and O–H groups in total. The van der Waals surface area contributed by atoms with Crippen molar-refractivity contribution < 1.29 is 9.59 Å². The zero-order valence-corrected chi connectivity index (χ0v) is 16.5. The summed E-state index contributed by atoms with van der Waals surface area (Å²) in [5.41, 5.74) is 2.88. The van der Waals surface area contributed by atoms with Crippen LogP contribution in [0.15, 0.2) is 18.2 Å². The maximum absolute atomic E-state index is 13.0. The summed E-state index contributed by atoms with van der Waals surface area (Å²) < 4.78 is 0. The Morgan fingerprint density at radius 2 is 1.38 bits per heavy atom. The molecule has 2 aliphatic heterocycles. The Hall–Kier alpha value is -2.04. The molecule has 0 radical (unpaired) electrons. The number of benzene rings is 1. The van der Waals surface area contributed by atoms with Crippen molar-refractivity contribution in [3.8, 4) is 0 Å². The van der Waals surface area contributed by atoms with Gasteiger partial charge in [-0.05, 0) is 57.7 Å². The highest BCUT2D eigenvalue weighted by molar-refractivity contribution is 6.04. The number of nitrogens with zero attached hydrogens (tertiary/aromatic N) is 3. The first kappa shape index (κ1) is 18.7. The summed E-state index contributed by atoms with van der Waals surface area (Å²) >= 11 is 0. The van der Waals surface area contributed by atoms with Crippen molar-refractivity contribution >= 4 is 17.5 Å². The van der Waals surface area contributed by atoms with Crippen molar-refractivity contribution in [1.82, 2.24) is 9.80 Å². The number of anilines is 1. The first-order valence-corrected chi connectivity index (χ1v) is 9.72. The number of hydrogen-bond donors (Lipinski definition) is 0. The molecule has 0 atom stereocenters. The smallest absolute Gasteiger partial charge is 0.237 e. The second-order valence-electron chi connectivity index (χ2n) is 8.12. The van der Waals surface area contributed by atoms with Crippen LogP contribution in [0.1, 0.15) is 37.8 Å². The quantitative estimate of drug-likeness (QED) is 0.781. The summed E-state index contributed by atoms with van der Waals surface area (Å²) in [5.74, 6) is -0.0491. The molecule has 5 heteroatoms. The Balaban J connectivity index is 1.64. The first-order valence-electron chi connectivity index (χ1n) is 9.72. The number of carbonyl (C=O) groups is 2. The largest absolute Gasteiger partial charge is 0.368 e. The number of piperazine rings is 1. The standard InChI is InChI=1S/C21H31N3O2/c1-16-8-7-9-18(17(16)2)22-12-14-24(15-13-22)20(26)21(3,4)19(25)23-10-5-6-11-23/h7-9H,5-6,10-15H2,1-4H3. The van der Waals surface area contributed by atoms with E-state index < -0.39 is 5.41 Å². The number of amides is 2. The van der Waals surface area contributed by atoms with Crippen LogP contribution in [0.5, 0.6) is 0 Å². The average Bonchev–Trinajstić information content (AvgIpc) is 3.17. The SMILES string of the molecule is Cc1cccc(N2CCN(C(=O)C(C)(C)C(=O)N3CCCC3)CC2)c1C. The molecule has 2 saturated heterocycles. The predicted octanol–water partition coefficient (Wildman–Crippen LogP) is 2.60. The van der Waals surface area contributed by atoms with Gasteiger partial charge in [0.05, 0.1) is 0 Å². The van der Waals surface area contributed by atoms with Crippen molar-refractivity contribution in [2.24, 2.45) is 5.41 Å². The minimum Gasteiger partial charge on any atom is -0.368 e. The summed E-state index contributed by atoms with van der Waals surface area (Å²) in [7, 11) is 0. The highest BCUT2D eigenvalue weighted by Crippen LogP contribution is 2.27. The zero-order valence-electron chi connectivity index (χ0n) is 16.5. The second kappa shape index (κ2) is 7.29. The first-order chi connectivity index (χ1) is 12.3. The van der Waals surface area contributed by atoms with Crippen molar-refractivity contribution in [2.45, 2.75) is 40.5 Å². The molecule has 0 aromatic heterocycles. The monoisotopic (exact) mass is 357 g/mol. The van der Waals surface area contributed by atoms with Gasteiger partial charge in [0, 0.05) is 45.0 Å². The molecule has 3 rings (SSSR count). The highest BCUT2D eigenvalue weighted by Gasteiger charge is 2.42. The van der Waals surface area contributed by atoms with Gasteiger partial charge in [0.2, 0.25) is 11.8 Å². The van der Waals surface area contributed by atoms with Gasteiger partial charge in [0.15, 0.2) is 0 Å². The molecule has 2 amide bonds. The second-order valence-corrected chi connectivity index (χ2v) is 8.12. The number of hydrogen-bond acceptors (Lipinski definition) is 3. The molecular weight excluding hydrogens is 326 g/mol. The van der Waals surface area contributed by atoms with Gasteiger partial charge in [0.25, 0.3) is 0 Å². The summed E-state index contributed by atoms with van der Waals surface area (Å²) in [6.07, 6.45) is 2.09. The van der Waals surface area contributed by atoms with Crippen LogP contribution in [0.4, 0.5) is 5.69 Å². The summed E-state index contributed by atoms with van der Waals surface area (Å²) in [5, 5.41) is 0. The van der Waals surface area contributed by atoms with Crippen molar-refractivity contribution in [2.75, 3.05) is 44.2 Å². The van der Waals surface area contributed by atoms with E-state index in [0.29, 0.717) is 13.1 Å². The van der Waals surface area contributed by atoms with E-state index >= 15 is 0 Å². The van der Waals surface area contributed by atoms with Gasteiger partial charge in [0.1, 0.15) is 5.41 Å². The molecule has 2 heterocycles. The topological polar surface area (TPSA) is 43.9 Å². The van der Waals surface area contributed by atoms with Crippen LogP contribution < -0.4 is 4.90 Å². The fraction of sp³-hybridized carbons (Fsp3) is 0.619. The summed E-state index contributed by atoms with van der Waals surface area (Å²) in [6.45, 7) is 12.4. The van der Waals surface area contributed by atoms with E-state index in [0.717, 1.165) is 39.0 Å². The Kier molecular flexibility index (Phi) is 5.26. The van der Waals surface area contributed by atoms with Crippen molar-refractivity contribution in [1.29, 1.82) is 0 Å². The van der Waals surface area contributed by atoms with Crippen LogP contribution in [0.25, 0.3) is 0 Å². The van der Waals surface area contributed by atoms with Gasteiger partial charge < -0.3 is 14.7 Å². The Bertz CT molecular complexity index is 684. The molecule has 0 saturated carbocycles. The predicted molar refractivity (Wildman–Crippen MR) is 104 cm³/mol. The highest BCUT2D eigenvalue weighted by atomic mass is 16.2. The zero-order chi connectivity index (χ0) is 18.9. The Morgan fingerprint density at radius 1 is 0.846 bits per heavy atom. The Labute approximate surface area is 156 Å². The molecule has 1 aromatic carbocycles. The molecule has 2 fully saturated rings. The number of aryl methyl sites for hydroxylation is 1. The van der Waals surface area contributed by atoms with Crippen LogP contribution in [-0.2, 0) is 9.59 Å². The van der Waals surface area contributed by atoms with Crippen LogP contribution in [0, 0.1) is 19.3 Å². The van der Waals surface area contributed by atoms with Gasteiger partial charge in [-0.2, -0.15) is 0 Å². The van der Waals surface area contributed by atoms with Gasteiger partial charge in [-0.25, -0.2) is 0 Å². The average molecular weight is 357 g/mol. The minimum atomic E-state index is -0.967. The molecule has 142 valence electrons. The third kappa shape index (κ3) is 3.44. The number of likely N-dealkylation sites (tertiary alicyclic amines) is 1. The fourth-order valence-electron chi connectivity index (χ4n) is 4.03. The van der Waals surface area contributed by atoms with E-state index in [1.807, 2.05) is 9.80 Å². The third-order valence-electron chi connectivity index (χ3n) is 5.95. The fourth-order valence-corrected chi connectivity index (χ4v) is 4.03. The summed E-state index contributed by atoms with van der Waals surface area (Å²) in [6, 6.07) is 6.37. The molecule has 5 nitrogen and oxygen atoms in total. The lowest BCUT2D eigenvalue weighted by Crippen LogP contribution is -2.55. The van der Waals surface area contributed by atoms with Crippen LogP contribution >= 0.6 is 0 Å². The van der Waals surface area contributed by atoms with Crippen LogP contribution in [0.3, 0.4) is 0 Å². The normalized spacial score (nSPS) is 18.4. The van der Waals surface area contributed by atoms with E-state index in [1.54, 1.807) is 13.8 Å². The molecular formula is C21H31N3O2. The molecule has 0 spiro atoms. The van der Waals surface area contributed by atoms with Crippen LogP contribution in [-0.4, -0.2) is 60.9 Å². The molecule has 1 aromatic rings. The van der Waals surface area contributed by atoms with E-state index in [2.05, 4.69) is 36.9 Å². The summed E-state index contributed by atoms with van der Waals surface area (Å²) in [4.78, 5) is 31.9. The van der Waals surface area contributed by atoms with Crippen LogP contribution in [0.2, 0.25) is 0 Å². The maximum atomic E-state index is 13.0. The van der Waals surface area contributed by atoms with E-state index in [4.69, 9.17) is 0 Å². The van der Waals surface area contributed by atoms with Crippen molar-refractivity contribution in [3.05, 3.63) is 29.3 Å². The molecule has 0 aliphatic carbocycles. The van der Waals surface area contributed by atoms with E-state index in [-0.39, 0.29) is 11.8 Å². The molecule has 2 aliphatic rings. The maximum Gasteiger partial charge on any atom is 0.237 e. The third-order valence-corrected chi connectivity index (χ3v) is 5.95. The Morgan fingerprint density at radius 3 is 1.96 bits per heavy atom. The molecule has 26 heavy (non-hydrogen) atoms. The molecule has 0 bridgehead atoms. The minimum absolute atomic E-state index is 0.0167. The van der Waals surface area contributed by atoms with Gasteiger partial charge in [-0.15, -0.1) is 0 Å². The molecule has 0 unspecified atom stereocenters. The van der Waals surface area contributed by atoms with Crippen molar-refractivity contribution in [3.63, 3.8) is 0 Å². The van der Waals surface area contributed by atoms with E-state index in [1.165, 1.54) is 16.8 Å².